The van der Waals surface area contributed by atoms with Gasteiger partial charge in [0.2, 0.25) is 5.91 Å². The van der Waals surface area contributed by atoms with Crippen molar-refractivity contribution in [3.63, 3.8) is 0 Å². The van der Waals surface area contributed by atoms with Crippen molar-refractivity contribution in [2.45, 2.75) is 63.8 Å². The van der Waals surface area contributed by atoms with E-state index in [1.165, 1.54) is 30.2 Å². The summed E-state index contributed by atoms with van der Waals surface area (Å²) >= 11 is 6.58. The minimum absolute atomic E-state index is 0.0758. The van der Waals surface area contributed by atoms with Crippen molar-refractivity contribution in [3.05, 3.63) is 70.4 Å². The molecule has 1 aliphatic carbocycles. The maximum atomic E-state index is 13.0. The molecule has 3 aromatic rings. The van der Waals surface area contributed by atoms with Gasteiger partial charge in [0.25, 0.3) is 0 Å². The number of rotatable bonds is 6. The number of nitrogens with one attached hydrogen (secondary N) is 2. The summed E-state index contributed by atoms with van der Waals surface area (Å²) in [7, 11) is 0. The number of hydrogen-bond acceptors (Lipinski definition) is 1. The normalized spacial score (nSPS) is 16.1. The average Bonchev–Trinajstić information content (AvgIpc) is 3.17. The average molecular weight is 409 g/mol. The number of carbonyl (C=O) groups excluding carboxylic acids is 1. The molecular formula is C25H29ClN2O. The van der Waals surface area contributed by atoms with Crippen LogP contribution in [0.15, 0.2) is 48.7 Å². The number of halogens is 1. The summed E-state index contributed by atoms with van der Waals surface area (Å²) in [4.78, 5) is 16.5. The molecule has 1 atom stereocenters. The van der Waals surface area contributed by atoms with E-state index >= 15 is 0 Å². The van der Waals surface area contributed by atoms with E-state index < -0.39 is 0 Å². The van der Waals surface area contributed by atoms with Gasteiger partial charge >= 0.3 is 0 Å². The Labute approximate surface area is 177 Å². The number of carbonyl (C=O) groups is 1. The van der Waals surface area contributed by atoms with Gasteiger partial charge in [0.1, 0.15) is 0 Å². The number of para-hydroxylation sites is 1. The van der Waals surface area contributed by atoms with E-state index in [4.69, 9.17) is 11.6 Å². The van der Waals surface area contributed by atoms with Crippen LogP contribution < -0.4 is 5.32 Å². The molecule has 152 valence electrons. The first-order valence-corrected chi connectivity index (χ1v) is 11.2. The van der Waals surface area contributed by atoms with Gasteiger partial charge in [-0.25, -0.2) is 0 Å². The molecule has 2 N–H and O–H groups in total. The summed E-state index contributed by atoms with van der Waals surface area (Å²) in [5.41, 5.74) is 4.60. The summed E-state index contributed by atoms with van der Waals surface area (Å²) < 4.78 is 0. The van der Waals surface area contributed by atoms with Crippen molar-refractivity contribution in [3.8, 4) is 0 Å². The molecule has 0 saturated heterocycles. The molecule has 1 amide bonds. The summed E-state index contributed by atoms with van der Waals surface area (Å²) in [6.45, 7) is 2.17. The third kappa shape index (κ3) is 4.35. The molecule has 0 aliphatic heterocycles. The van der Waals surface area contributed by atoms with Gasteiger partial charge in [0, 0.05) is 40.5 Å². The molecule has 0 bridgehead atoms. The van der Waals surface area contributed by atoms with Gasteiger partial charge in [-0.15, -0.1) is 0 Å². The summed E-state index contributed by atoms with van der Waals surface area (Å²) in [5.74, 6) is 0.0379. The third-order valence-corrected chi connectivity index (χ3v) is 6.57. The maximum Gasteiger partial charge on any atom is 0.221 e. The first kappa shape index (κ1) is 20.0. The first-order valence-electron chi connectivity index (χ1n) is 10.8. The Morgan fingerprint density at radius 3 is 2.66 bits per heavy atom. The van der Waals surface area contributed by atoms with Crippen molar-refractivity contribution in [1.82, 2.24) is 10.3 Å². The highest BCUT2D eigenvalue weighted by molar-refractivity contribution is 6.31. The first-order chi connectivity index (χ1) is 14.2. The quantitative estimate of drug-likeness (QED) is 0.490. The van der Waals surface area contributed by atoms with Crippen LogP contribution in [0.4, 0.5) is 0 Å². The van der Waals surface area contributed by atoms with Gasteiger partial charge in [0.15, 0.2) is 0 Å². The van der Waals surface area contributed by atoms with Crippen LogP contribution in [-0.2, 0) is 11.2 Å². The Balaban J connectivity index is 1.68. The number of aryl methyl sites for hydroxylation is 1. The smallest absolute Gasteiger partial charge is 0.221 e. The van der Waals surface area contributed by atoms with Crippen LogP contribution in [0.5, 0.6) is 0 Å². The Kier molecular flexibility index (Phi) is 6.25. The van der Waals surface area contributed by atoms with E-state index in [9.17, 15) is 4.79 Å². The summed E-state index contributed by atoms with van der Waals surface area (Å²) in [5, 5.41) is 5.17. The molecule has 1 heterocycles. The van der Waals surface area contributed by atoms with Gasteiger partial charge < -0.3 is 10.3 Å². The van der Waals surface area contributed by atoms with Crippen molar-refractivity contribution < 1.29 is 4.79 Å². The van der Waals surface area contributed by atoms with Crippen molar-refractivity contribution in [2.75, 3.05) is 0 Å². The number of aromatic amines is 1. The van der Waals surface area contributed by atoms with Gasteiger partial charge in [-0.2, -0.15) is 0 Å². The van der Waals surface area contributed by atoms with E-state index in [1.54, 1.807) is 0 Å². The zero-order valence-electron chi connectivity index (χ0n) is 17.0. The lowest BCUT2D eigenvalue weighted by Gasteiger charge is -2.24. The van der Waals surface area contributed by atoms with Crippen molar-refractivity contribution in [1.29, 1.82) is 0 Å². The monoisotopic (exact) mass is 408 g/mol. The lowest BCUT2D eigenvalue weighted by atomic mass is 9.87. The number of hydrogen-bond donors (Lipinski definition) is 2. The second-order valence-corrected chi connectivity index (χ2v) is 8.53. The fourth-order valence-corrected chi connectivity index (χ4v) is 4.95. The predicted molar refractivity (Wildman–Crippen MR) is 121 cm³/mol. The second-order valence-electron chi connectivity index (χ2n) is 8.12. The highest BCUT2D eigenvalue weighted by atomic mass is 35.5. The third-order valence-electron chi connectivity index (χ3n) is 6.23. The molecule has 1 unspecified atom stereocenters. The van der Waals surface area contributed by atoms with Crippen LogP contribution in [0.1, 0.15) is 68.1 Å². The fraction of sp³-hybridized carbons (Fsp3) is 0.400. The van der Waals surface area contributed by atoms with Crippen LogP contribution in [0.25, 0.3) is 10.9 Å². The second kappa shape index (κ2) is 9.04. The molecule has 3 nitrogen and oxygen atoms in total. The van der Waals surface area contributed by atoms with Gasteiger partial charge in [0.05, 0.1) is 0 Å². The predicted octanol–water partition coefficient (Wildman–Crippen LogP) is 6.35. The Morgan fingerprint density at radius 2 is 1.90 bits per heavy atom. The summed E-state index contributed by atoms with van der Waals surface area (Å²) in [6.07, 6.45) is 9.32. The number of amides is 1. The summed E-state index contributed by atoms with van der Waals surface area (Å²) in [6, 6.07) is 14.6. The van der Waals surface area contributed by atoms with E-state index in [2.05, 4.69) is 41.6 Å². The Morgan fingerprint density at radius 1 is 1.10 bits per heavy atom. The molecule has 0 spiro atoms. The van der Waals surface area contributed by atoms with Crippen LogP contribution >= 0.6 is 11.6 Å². The number of benzene rings is 2. The van der Waals surface area contributed by atoms with E-state index in [0.717, 1.165) is 35.9 Å². The molecule has 1 aliphatic rings. The highest BCUT2D eigenvalue weighted by Crippen LogP contribution is 2.37. The minimum Gasteiger partial charge on any atom is -0.361 e. The maximum absolute atomic E-state index is 13.0. The largest absolute Gasteiger partial charge is 0.361 e. The fourth-order valence-electron chi connectivity index (χ4n) is 4.69. The van der Waals surface area contributed by atoms with E-state index in [1.807, 2.05) is 24.3 Å². The molecular weight excluding hydrogens is 380 g/mol. The van der Waals surface area contributed by atoms with Crippen molar-refractivity contribution >= 4 is 28.4 Å². The van der Waals surface area contributed by atoms with Crippen LogP contribution in [0.2, 0.25) is 5.02 Å². The molecule has 1 saturated carbocycles. The Bertz CT molecular complexity index is 987. The molecule has 1 aromatic heterocycles. The topological polar surface area (TPSA) is 44.9 Å². The highest BCUT2D eigenvalue weighted by Gasteiger charge is 2.25. The van der Waals surface area contributed by atoms with Gasteiger partial charge in [-0.3, -0.25) is 4.79 Å². The van der Waals surface area contributed by atoms with Gasteiger partial charge in [-0.05, 0) is 42.0 Å². The lowest BCUT2D eigenvalue weighted by Crippen LogP contribution is -2.36. The Hall–Kier alpha value is -2.26. The van der Waals surface area contributed by atoms with Gasteiger partial charge in [-0.1, -0.05) is 74.2 Å². The zero-order valence-corrected chi connectivity index (χ0v) is 17.8. The molecule has 0 radical (unpaired) electrons. The number of fused-ring (bicyclic) bond motifs is 1. The van der Waals surface area contributed by atoms with E-state index in [0.29, 0.717) is 17.5 Å². The van der Waals surface area contributed by atoms with Crippen LogP contribution in [-0.4, -0.2) is 16.9 Å². The molecule has 1 fully saturated rings. The SMILES string of the molecule is CCc1cccc2c(C(CC(=O)NC3CCCCC3)c3ccccc3Cl)c[nH]c12. The molecule has 2 aromatic carbocycles. The van der Waals surface area contributed by atoms with E-state index in [-0.39, 0.29) is 11.8 Å². The molecule has 4 rings (SSSR count). The number of aromatic nitrogens is 1. The number of H-pyrrole nitrogens is 1. The van der Waals surface area contributed by atoms with Crippen LogP contribution in [0.3, 0.4) is 0 Å². The molecule has 4 heteroatoms. The molecule has 29 heavy (non-hydrogen) atoms. The van der Waals surface area contributed by atoms with Crippen LogP contribution in [0, 0.1) is 0 Å². The van der Waals surface area contributed by atoms with Crippen molar-refractivity contribution in [2.24, 2.45) is 0 Å². The standard InChI is InChI=1S/C25H29ClN2O/c1-2-17-9-8-13-20-22(16-27-25(17)20)21(19-12-6-7-14-23(19)26)15-24(29)28-18-10-4-3-5-11-18/h6-9,12-14,16,18,21,27H,2-5,10-11,15H2,1H3,(H,28,29). The minimum atomic E-state index is -0.0758. The zero-order chi connectivity index (χ0) is 20.2. The lowest BCUT2D eigenvalue weighted by molar-refractivity contribution is -0.122.